The van der Waals surface area contributed by atoms with Crippen molar-refractivity contribution in [1.29, 1.82) is 0 Å². The molecule has 158 valence electrons. The van der Waals surface area contributed by atoms with E-state index >= 15 is 0 Å². The summed E-state index contributed by atoms with van der Waals surface area (Å²) in [4.78, 5) is 18.7. The molecule has 7 nitrogen and oxygen atoms in total. The summed E-state index contributed by atoms with van der Waals surface area (Å²) in [6, 6.07) is 14.5. The molecule has 1 unspecified atom stereocenters. The Hall–Kier alpha value is -2.80. The highest BCUT2D eigenvalue weighted by atomic mass is 16.3. The van der Waals surface area contributed by atoms with Crippen molar-refractivity contribution in [1.82, 2.24) is 20.9 Å². The minimum atomic E-state index is -0.144. The molecule has 1 aromatic heterocycles. The molecule has 2 aromatic rings. The number of furan rings is 1. The van der Waals surface area contributed by atoms with Gasteiger partial charge in [0, 0.05) is 25.7 Å². The first-order chi connectivity index (χ1) is 14.1. The van der Waals surface area contributed by atoms with Crippen LogP contribution in [0.15, 0.2) is 58.1 Å². The second-order valence-corrected chi connectivity index (χ2v) is 7.02. The van der Waals surface area contributed by atoms with Crippen LogP contribution in [-0.2, 0) is 17.9 Å². The van der Waals surface area contributed by atoms with E-state index < -0.39 is 0 Å². The van der Waals surface area contributed by atoms with Gasteiger partial charge >= 0.3 is 0 Å². The number of carbonyl (C=O) groups excluding carboxylic acids is 1. The number of carbonyl (C=O) groups is 1. The van der Waals surface area contributed by atoms with E-state index in [1.807, 2.05) is 19.1 Å². The Kier molecular flexibility index (Phi) is 9.78. The fourth-order valence-electron chi connectivity index (χ4n) is 2.79. The molecule has 0 bridgehead atoms. The molecule has 0 saturated heterocycles. The molecule has 0 fully saturated rings. The molecule has 0 radical (unpaired) electrons. The van der Waals surface area contributed by atoms with E-state index in [4.69, 9.17) is 4.42 Å². The topological polar surface area (TPSA) is 81.9 Å². The van der Waals surface area contributed by atoms with Crippen LogP contribution in [0, 0.1) is 0 Å². The fraction of sp³-hybridized carbons (Fsp3) is 0.455. The lowest BCUT2D eigenvalue weighted by Gasteiger charge is -2.25. The van der Waals surface area contributed by atoms with Gasteiger partial charge in [0.2, 0.25) is 5.91 Å². The third kappa shape index (κ3) is 8.83. The first-order valence-electron chi connectivity index (χ1n) is 10.1. The van der Waals surface area contributed by atoms with Crippen LogP contribution in [0.3, 0.4) is 0 Å². The summed E-state index contributed by atoms with van der Waals surface area (Å²) in [7, 11) is 2.14. The molecule has 1 atom stereocenters. The van der Waals surface area contributed by atoms with E-state index in [1.165, 1.54) is 5.56 Å². The number of nitrogens with one attached hydrogen (secondary N) is 3. The van der Waals surface area contributed by atoms with Crippen molar-refractivity contribution in [3.05, 3.63) is 60.1 Å². The fourth-order valence-corrected chi connectivity index (χ4v) is 2.79. The third-order valence-corrected chi connectivity index (χ3v) is 4.65. The minimum absolute atomic E-state index is 0.0690. The number of rotatable bonds is 11. The van der Waals surface area contributed by atoms with Crippen LogP contribution in [0.1, 0.15) is 31.6 Å². The molecular weight excluding hydrogens is 366 g/mol. The predicted molar refractivity (Wildman–Crippen MR) is 117 cm³/mol. The number of hydrogen-bond acceptors (Lipinski definition) is 4. The zero-order valence-corrected chi connectivity index (χ0v) is 17.6. The van der Waals surface area contributed by atoms with Crippen LogP contribution in [0.5, 0.6) is 0 Å². The highest BCUT2D eigenvalue weighted by Crippen LogP contribution is 2.07. The molecule has 1 amide bonds. The van der Waals surface area contributed by atoms with Crippen LogP contribution >= 0.6 is 0 Å². The maximum atomic E-state index is 12.0. The number of nitrogens with zero attached hydrogens (tertiary/aromatic N) is 2. The van der Waals surface area contributed by atoms with Crippen molar-refractivity contribution in [2.75, 3.05) is 26.7 Å². The second kappa shape index (κ2) is 12.6. The maximum absolute atomic E-state index is 12.0. The summed E-state index contributed by atoms with van der Waals surface area (Å²) in [6.45, 7) is 7.10. The molecule has 0 aliphatic carbocycles. The zero-order valence-electron chi connectivity index (χ0n) is 17.6. The van der Waals surface area contributed by atoms with Crippen LogP contribution in [-0.4, -0.2) is 49.5 Å². The zero-order chi connectivity index (χ0) is 20.9. The van der Waals surface area contributed by atoms with Crippen LogP contribution < -0.4 is 16.0 Å². The minimum Gasteiger partial charge on any atom is -0.467 e. The van der Waals surface area contributed by atoms with Gasteiger partial charge in [-0.05, 0) is 45.0 Å². The van der Waals surface area contributed by atoms with E-state index in [-0.39, 0.29) is 12.5 Å². The van der Waals surface area contributed by atoms with Gasteiger partial charge in [0.1, 0.15) is 12.3 Å². The Bertz CT molecular complexity index is 731. The van der Waals surface area contributed by atoms with Crippen molar-refractivity contribution in [3.63, 3.8) is 0 Å². The Morgan fingerprint density at radius 3 is 2.62 bits per heavy atom. The van der Waals surface area contributed by atoms with Crippen molar-refractivity contribution in [3.8, 4) is 0 Å². The van der Waals surface area contributed by atoms with Crippen LogP contribution in [0.25, 0.3) is 0 Å². The van der Waals surface area contributed by atoms with Crippen LogP contribution in [0.2, 0.25) is 0 Å². The van der Waals surface area contributed by atoms with E-state index in [9.17, 15) is 4.79 Å². The highest BCUT2D eigenvalue weighted by molar-refractivity contribution is 5.84. The van der Waals surface area contributed by atoms with Gasteiger partial charge in [-0.1, -0.05) is 30.3 Å². The van der Waals surface area contributed by atoms with Gasteiger partial charge in [0.05, 0.1) is 12.8 Å². The summed E-state index contributed by atoms with van der Waals surface area (Å²) in [5.74, 6) is 1.23. The van der Waals surface area contributed by atoms with Gasteiger partial charge in [-0.25, -0.2) is 4.99 Å². The maximum Gasteiger partial charge on any atom is 0.242 e. The molecule has 3 N–H and O–H groups in total. The van der Waals surface area contributed by atoms with Crippen molar-refractivity contribution in [2.24, 2.45) is 4.99 Å². The average Bonchev–Trinajstić information content (AvgIpc) is 3.24. The van der Waals surface area contributed by atoms with Gasteiger partial charge in [0.25, 0.3) is 0 Å². The summed E-state index contributed by atoms with van der Waals surface area (Å²) in [5.41, 5.74) is 1.31. The average molecular weight is 400 g/mol. The van der Waals surface area contributed by atoms with Crippen LogP contribution in [0.4, 0.5) is 0 Å². The molecule has 1 heterocycles. The molecular formula is C22H33N5O2. The van der Waals surface area contributed by atoms with Gasteiger partial charge in [-0.15, -0.1) is 0 Å². The van der Waals surface area contributed by atoms with Gasteiger partial charge in [-0.2, -0.15) is 0 Å². The summed E-state index contributed by atoms with van der Waals surface area (Å²) < 4.78 is 5.20. The van der Waals surface area contributed by atoms with E-state index in [1.54, 1.807) is 12.3 Å². The first-order valence-corrected chi connectivity index (χ1v) is 10.1. The third-order valence-electron chi connectivity index (χ3n) is 4.65. The normalized spacial score (nSPS) is 12.6. The largest absolute Gasteiger partial charge is 0.467 e. The quantitative estimate of drug-likeness (QED) is 0.399. The van der Waals surface area contributed by atoms with Crippen molar-refractivity contribution in [2.45, 2.75) is 39.4 Å². The Labute approximate surface area is 173 Å². The SMILES string of the molecule is CCNC(=NCC(=O)NCc1ccco1)NCCC(C)N(C)Cc1ccccc1. The number of guanidine groups is 1. The number of hydrogen-bond donors (Lipinski definition) is 3. The van der Waals surface area contributed by atoms with Gasteiger partial charge < -0.3 is 20.4 Å². The first kappa shape index (κ1) is 22.5. The Morgan fingerprint density at radius 1 is 1.14 bits per heavy atom. The van der Waals surface area contributed by atoms with E-state index in [0.717, 1.165) is 31.8 Å². The molecule has 0 saturated carbocycles. The van der Waals surface area contributed by atoms with Crippen molar-refractivity contribution >= 4 is 11.9 Å². The standard InChI is InChI=1S/C22H33N5O2/c1-4-23-22(26-16-21(28)25-15-20-11-8-14-29-20)24-13-12-18(2)27(3)17-19-9-6-5-7-10-19/h5-11,14,18H,4,12-13,15-17H2,1-3H3,(H,25,28)(H2,23,24,26). The lowest BCUT2D eigenvalue weighted by atomic mass is 10.1. The summed E-state index contributed by atoms with van der Waals surface area (Å²) >= 11 is 0. The molecule has 0 spiro atoms. The Balaban J connectivity index is 1.71. The molecule has 0 aliphatic heterocycles. The van der Waals surface area contributed by atoms with E-state index in [2.05, 4.69) is 64.1 Å². The Morgan fingerprint density at radius 2 is 1.93 bits per heavy atom. The number of benzene rings is 1. The molecule has 7 heteroatoms. The van der Waals surface area contributed by atoms with Gasteiger partial charge in [0.15, 0.2) is 5.96 Å². The molecule has 0 aliphatic rings. The monoisotopic (exact) mass is 399 g/mol. The molecule has 1 aromatic carbocycles. The number of aliphatic imine (C=N–C) groups is 1. The van der Waals surface area contributed by atoms with Gasteiger partial charge in [-0.3, -0.25) is 9.69 Å². The number of amides is 1. The second-order valence-electron chi connectivity index (χ2n) is 7.02. The van der Waals surface area contributed by atoms with E-state index in [0.29, 0.717) is 18.5 Å². The predicted octanol–water partition coefficient (Wildman–Crippen LogP) is 2.36. The van der Waals surface area contributed by atoms with Crippen molar-refractivity contribution < 1.29 is 9.21 Å². The lowest BCUT2D eigenvalue weighted by Crippen LogP contribution is -2.40. The highest BCUT2D eigenvalue weighted by Gasteiger charge is 2.10. The lowest BCUT2D eigenvalue weighted by molar-refractivity contribution is -0.119. The summed E-state index contributed by atoms with van der Waals surface area (Å²) in [6.07, 6.45) is 2.56. The molecule has 2 rings (SSSR count). The molecule has 29 heavy (non-hydrogen) atoms. The summed E-state index contributed by atoms with van der Waals surface area (Å²) in [5, 5.41) is 9.28. The smallest absolute Gasteiger partial charge is 0.242 e.